The van der Waals surface area contributed by atoms with E-state index in [9.17, 15) is 5.26 Å². The van der Waals surface area contributed by atoms with Gasteiger partial charge in [-0.1, -0.05) is 92.7 Å². The van der Waals surface area contributed by atoms with Crippen LogP contribution in [-0.4, -0.2) is 13.3 Å². The second-order valence-corrected chi connectivity index (χ2v) is 8.86. The van der Waals surface area contributed by atoms with Gasteiger partial charge >= 0.3 is 0 Å². The summed E-state index contributed by atoms with van der Waals surface area (Å²) in [5, 5.41) is 10.1. The van der Waals surface area contributed by atoms with E-state index in [1.54, 1.807) is 6.21 Å². The van der Waals surface area contributed by atoms with Gasteiger partial charge in [0.25, 0.3) is 0 Å². The molecule has 1 aliphatic rings. The third kappa shape index (κ3) is 3.52. The summed E-state index contributed by atoms with van der Waals surface area (Å²) >= 11 is 0. The molecule has 1 aliphatic heterocycles. The van der Waals surface area contributed by atoms with Crippen LogP contribution in [0.15, 0.2) is 106 Å². The fraction of sp³-hybridized carbons (Fsp3) is 0.133. The van der Waals surface area contributed by atoms with Crippen LogP contribution >= 0.6 is 0 Å². The number of furan rings is 1. The fourth-order valence-electron chi connectivity index (χ4n) is 4.76. The zero-order valence-electron chi connectivity index (χ0n) is 19.5. The Morgan fingerprint density at radius 1 is 0.882 bits per heavy atom. The minimum absolute atomic E-state index is 0.150. The van der Waals surface area contributed by atoms with Gasteiger partial charge in [-0.15, -0.1) is 0 Å². The molecule has 2 heterocycles. The van der Waals surface area contributed by atoms with Crippen molar-refractivity contribution in [1.82, 2.24) is 0 Å². The van der Waals surface area contributed by atoms with E-state index in [4.69, 9.17) is 4.42 Å². The summed E-state index contributed by atoms with van der Waals surface area (Å²) < 4.78 is 6.22. The molecule has 0 spiro atoms. The van der Waals surface area contributed by atoms with Gasteiger partial charge in [-0.25, -0.2) is 4.99 Å². The van der Waals surface area contributed by atoms with Crippen LogP contribution in [0, 0.1) is 11.3 Å². The molecule has 0 fully saturated rings. The summed E-state index contributed by atoms with van der Waals surface area (Å²) in [6, 6.07) is 30.5. The lowest BCUT2D eigenvalue weighted by molar-refractivity contribution is 0.593. The molecule has 0 saturated heterocycles. The van der Waals surface area contributed by atoms with Crippen molar-refractivity contribution < 1.29 is 4.42 Å². The fourth-order valence-corrected chi connectivity index (χ4v) is 4.76. The summed E-state index contributed by atoms with van der Waals surface area (Å²) in [5.41, 5.74) is 6.49. The zero-order chi connectivity index (χ0) is 23.7. The first-order chi connectivity index (χ1) is 16.5. The molecule has 4 aromatic rings. The van der Waals surface area contributed by atoms with Gasteiger partial charge in [-0.05, 0) is 23.3 Å². The maximum atomic E-state index is 10.1. The van der Waals surface area contributed by atoms with Gasteiger partial charge in [0.1, 0.15) is 17.4 Å². The van der Waals surface area contributed by atoms with Gasteiger partial charge in [0.05, 0.1) is 0 Å². The van der Waals surface area contributed by atoms with E-state index < -0.39 is 0 Å². The lowest BCUT2D eigenvalue weighted by atomic mass is 9.84. The minimum Gasteiger partial charge on any atom is -0.436 e. The Morgan fingerprint density at radius 2 is 1.50 bits per heavy atom. The first-order valence-electron chi connectivity index (χ1n) is 11.3. The van der Waals surface area contributed by atoms with Gasteiger partial charge in [0, 0.05) is 41.2 Å². The number of aliphatic imine (C=N–C) groups is 1. The van der Waals surface area contributed by atoms with E-state index >= 15 is 0 Å². The van der Waals surface area contributed by atoms with Gasteiger partial charge in [-0.3, -0.25) is 0 Å². The Labute approximate surface area is 200 Å². The molecule has 4 heteroatoms. The second-order valence-electron chi connectivity index (χ2n) is 8.86. The first-order valence-corrected chi connectivity index (χ1v) is 11.3. The Balaban J connectivity index is 1.59. The van der Waals surface area contributed by atoms with Crippen molar-refractivity contribution in [3.8, 4) is 28.5 Å². The Bertz CT molecular complexity index is 1440. The van der Waals surface area contributed by atoms with Gasteiger partial charge < -0.3 is 9.32 Å². The molecule has 5 rings (SSSR count). The summed E-state index contributed by atoms with van der Waals surface area (Å²) in [5.74, 6) is 0.960. The average molecular weight is 444 g/mol. The molecule has 34 heavy (non-hydrogen) atoms. The average Bonchev–Trinajstić information content (AvgIpc) is 3.33. The van der Waals surface area contributed by atoms with Crippen molar-refractivity contribution in [1.29, 1.82) is 5.26 Å². The van der Waals surface area contributed by atoms with Crippen LogP contribution in [0.3, 0.4) is 0 Å². The van der Waals surface area contributed by atoms with E-state index in [1.165, 1.54) is 11.3 Å². The number of rotatable bonds is 4. The Hall–Kier alpha value is -4.36. The number of nitriles is 1. The summed E-state index contributed by atoms with van der Waals surface area (Å²) in [6.07, 6.45) is 3.75. The monoisotopic (exact) mass is 443 g/mol. The Kier molecular flexibility index (Phi) is 5.39. The van der Waals surface area contributed by atoms with Crippen LogP contribution in [0.5, 0.6) is 0 Å². The number of fused-ring (bicyclic) bond motifs is 1. The molecule has 0 radical (unpaired) electrons. The molecule has 0 amide bonds. The highest BCUT2D eigenvalue weighted by atomic mass is 16.4. The standard InChI is InChI=1S/C30H25N3O/c1-30(2)24-16-10-11-17-25(24)33(3)26(30)18-19-32-29-23(20-31)27(21-12-6-4-7-13-21)28(34-29)22-14-8-5-9-15-22/h4-19H,1-3H3/b26-18-,32-19+. The highest BCUT2D eigenvalue weighted by Gasteiger charge is 2.37. The predicted octanol–water partition coefficient (Wildman–Crippen LogP) is 7.50. The number of hydrogen-bond acceptors (Lipinski definition) is 4. The zero-order valence-corrected chi connectivity index (χ0v) is 19.5. The molecule has 0 aliphatic carbocycles. The maximum Gasteiger partial charge on any atom is 0.238 e. The summed E-state index contributed by atoms with van der Waals surface area (Å²) in [6.45, 7) is 4.42. The van der Waals surface area contributed by atoms with E-state index in [-0.39, 0.29) is 5.41 Å². The molecule has 0 N–H and O–H groups in total. The van der Waals surface area contributed by atoms with E-state index in [2.05, 4.69) is 61.1 Å². The normalized spacial score (nSPS) is 15.6. The molecule has 0 atom stereocenters. The lowest BCUT2D eigenvalue weighted by Crippen LogP contribution is -2.23. The number of nitrogens with zero attached hydrogens (tertiary/aromatic N) is 3. The van der Waals surface area contributed by atoms with Crippen molar-refractivity contribution in [2.75, 3.05) is 11.9 Å². The molecule has 1 aromatic heterocycles. The van der Waals surface area contributed by atoms with Crippen molar-refractivity contribution in [2.45, 2.75) is 19.3 Å². The van der Waals surface area contributed by atoms with Gasteiger partial charge in [0.15, 0.2) is 0 Å². The quantitative estimate of drug-likeness (QED) is 0.307. The highest BCUT2D eigenvalue weighted by molar-refractivity contribution is 5.89. The van der Waals surface area contributed by atoms with Crippen LogP contribution in [-0.2, 0) is 5.41 Å². The minimum atomic E-state index is -0.150. The van der Waals surface area contributed by atoms with Crippen LogP contribution in [0.25, 0.3) is 22.5 Å². The molecule has 3 aromatic carbocycles. The molecular weight excluding hydrogens is 418 g/mol. The number of hydrogen-bond donors (Lipinski definition) is 0. The number of allylic oxidation sites excluding steroid dienone is 2. The van der Waals surface area contributed by atoms with Crippen LogP contribution in [0.2, 0.25) is 0 Å². The molecule has 0 saturated carbocycles. The topological polar surface area (TPSA) is 52.5 Å². The predicted molar refractivity (Wildman–Crippen MR) is 138 cm³/mol. The van der Waals surface area contributed by atoms with Gasteiger partial charge in [-0.2, -0.15) is 5.26 Å². The third-order valence-electron chi connectivity index (χ3n) is 6.46. The third-order valence-corrected chi connectivity index (χ3v) is 6.46. The molecule has 166 valence electrons. The number of benzene rings is 3. The maximum absolute atomic E-state index is 10.1. The molecule has 0 unspecified atom stereocenters. The smallest absolute Gasteiger partial charge is 0.238 e. The summed E-state index contributed by atoms with van der Waals surface area (Å²) in [7, 11) is 2.07. The lowest BCUT2D eigenvalue weighted by Gasteiger charge is -2.23. The van der Waals surface area contributed by atoms with E-state index in [0.717, 1.165) is 22.4 Å². The second kappa shape index (κ2) is 8.53. The number of para-hydroxylation sites is 1. The van der Waals surface area contributed by atoms with Crippen LogP contribution < -0.4 is 4.90 Å². The van der Waals surface area contributed by atoms with Crippen molar-refractivity contribution in [3.63, 3.8) is 0 Å². The van der Waals surface area contributed by atoms with E-state index in [0.29, 0.717) is 17.2 Å². The van der Waals surface area contributed by atoms with Crippen LogP contribution in [0.1, 0.15) is 25.0 Å². The van der Waals surface area contributed by atoms with Crippen molar-refractivity contribution in [3.05, 3.63) is 108 Å². The molecular formula is C30H25N3O. The van der Waals surface area contributed by atoms with Crippen LogP contribution in [0.4, 0.5) is 11.6 Å². The number of anilines is 1. The van der Waals surface area contributed by atoms with E-state index in [1.807, 2.05) is 66.7 Å². The Morgan fingerprint density at radius 3 is 2.15 bits per heavy atom. The van der Waals surface area contributed by atoms with Crippen molar-refractivity contribution in [2.24, 2.45) is 4.99 Å². The number of likely N-dealkylation sites (N-methyl/N-ethyl adjacent to an activating group) is 1. The summed E-state index contributed by atoms with van der Waals surface area (Å²) in [4.78, 5) is 6.81. The first kappa shape index (κ1) is 21.5. The molecule has 0 bridgehead atoms. The largest absolute Gasteiger partial charge is 0.436 e. The SMILES string of the molecule is CN1/C(=C\C=N\c2oc(-c3ccccc3)c(-c3ccccc3)c2C#N)C(C)(C)c2ccccc21. The highest BCUT2D eigenvalue weighted by Crippen LogP contribution is 2.46. The van der Waals surface area contributed by atoms with Gasteiger partial charge in [0.2, 0.25) is 5.88 Å². The van der Waals surface area contributed by atoms with Crippen molar-refractivity contribution >= 4 is 17.8 Å². The molecule has 4 nitrogen and oxygen atoms in total.